The monoisotopic (exact) mass is 275 g/mol. The van der Waals surface area contributed by atoms with E-state index in [9.17, 15) is 9.18 Å². The normalized spacial score (nSPS) is 20.6. The van der Waals surface area contributed by atoms with E-state index in [4.69, 9.17) is 5.11 Å². The Morgan fingerprint density at radius 1 is 1.50 bits per heavy atom. The standard InChI is InChI=1S/C16H18FNO2/c1-11-8-14(9-11)18-16(20)13-6-5-12(15(17)10-13)4-2-3-7-19/h5-6,10-11,14,19H,3,7-9H2,1H3,(H,18,20). The Kier molecular flexibility index (Phi) is 4.75. The maximum Gasteiger partial charge on any atom is 0.251 e. The molecule has 1 aliphatic rings. The Bertz CT molecular complexity index is 553. The van der Waals surface area contributed by atoms with E-state index in [0.29, 0.717) is 17.9 Å². The van der Waals surface area contributed by atoms with Crippen LogP contribution in [0.3, 0.4) is 0 Å². The summed E-state index contributed by atoms with van der Waals surface area (Å²) in [6, 6.07) is 4.49. The zero-order chi connectivity index (χ0) is 14.5. The molecule has 3 nitrogen and oxygen atoms in total. The molecule has 0 spiro atoms. The van der Waals surface area contributed by atoms with Gasteiger partial charge in [-0.3, -0.25) is 4.79 Å². The summed E-state index contributed by atoms with van der Waals surface area (Å²) in [4.78, 5) is 11.9. The van der Waals surface area contributed by atoms with E-state index in [1.807, 2.05) is 0 Å². The van der Waals surface area contributed by atoms with Crippen molar-refractivity contribution in [2.24, 2.45) is 5.92 Å². The summed E-state index contributed by atoms with van der Waals surface area (Å²) >= 11 is 0. The van der Waals surface area contributed by atoms with Gasteiger partial charge in [0.15, 0.2) is 0 Å². The second kappa shape index (κ2) is 6.53. The Labute approximate surface area is 118 Å². The lowest BCUT2D eigenvalue weighted by atomic mass is 9.82. The third-order valence-corrected chi connectivity index (χ3v) is 3.40. The maximum atomic E-state index is 13.8. The van der Waals surface area contributed by atoms with Gasteiger partial charge in [0, 0.05) is 18.0 Å². The fourth-order valence-electron chi connectivity index (χ4n) is 2.26. The minimum Gasteiger partial charge on any atom is -0.395 e. The third kappa shape index (κ3) is 3.58. The van der Waals surface area contributed by atoms with Gasteiger partial charge in [-0.1, -0.05) is 18.8 Å². The van der Waals surface area contributed by atoms with Gasteiger partial charge in [-0.2, -0.15) is 0 Å². The number of halogens is 1. The molecule has 1 aromatic carbocycles. The first-order valence-corrected chi connectivity index (χ1v) is 6.80. The molecule has 0 radical (unpaired) electrons. The van der Waals surface area contributed by atoms with Gasteiger partial charge in [0.2, 0.25) is 0 Å². The zero-order valence-corrected chi connectivity index (χ0v) is 11.4. The van der Waals surface area contributed by atoms with E-state index in [0.717, 1.165) is 12.8 Å². The largest absolute Gasteiger partial charge is 0.395 e. The van der Waals surface area contributed by atoms with Crippen LogP contribution < -0.4 is 5.32 Å². The number of hydrogen-bond acceptors (Lipinski definition) is 2. The smallest absolute Gasteiger partial charge is 0.251 e. The highest BCUT2D eigenvalue weighted by Gasteiger charge is 2.26. The number of hydrogen-bond donors (Lipinski definition) is 2. The van der Waals surface area contributed by atoms with E-state index < -0.39 is 5.82 Å². The van der Waals surface area contributed by atoms with Crippen LogP contribution >= 0.6 is 0 Å². The van der Waals surface area contributed by atoms with Gasteiger partial charge in [-0.25, -0.2) is 4.39 Å². The van der Waals surface area contributed by atoms with Crippen LogP contribution in [0.5, 0.6) is 0 Å². The van der Waals surface area contributed by atoms with Crippen molar-refractivity contribution in [2.45, 2.75) is 32.2 Å². The van der Waals surface area contributed by atoms with Crippen LogP contribution in [-0.4, -0.2) is 23.7 Å². The minimum absolute atomic E-state index is 0.0467. The second-order valence-corrected chi connectivity index (χ2v) is 5.22. The summed E-state index contributed by atoms with van der Waals surface area (Å²) in [5.41, 5.74) is 0.557. The van der Waals surface area contributed by atoms with Crippen molar-refractivity contribution in [1.82, 2.24) is 5.32 Å². The molecule has 0 unspecified atom stereocenters. The topological polar surface area (TPSA) is 49.3 Å². The number of carbonyl (C=O) groups is 1. The summed E-state index contributed by atoms with van der Waals surface area (Å²) in [5, 5.41) is 11.5. The SMILES string of the molecule is CC1CC(NC(=O)c2ccc(C#CCCO)c(F)c2)C1. The Morgan fingerprint density at radius 3 is 2.85 bits per heavy atom. The molecule has 1 aromatic rings. The molecule has 1 aliphatic carbocycles. The average molecular weight is 275 g/mol. The molecule has 0 saturated heterocycles. The summed E-state index contributed by atoms with van der Waals surface area (Å²) in [6.07, 6.45) is 2.28. The zero-order valence-electron chi connectivity index (χ0n) is 11.4. The van der Waals surface area contributed by atoms with Gasteiger partial charge in [-0.05, 0) is 37.0 Å². The van der Waals surface area contributed by atoms with Crippen LogP contribution in [0.2, 0.25) is 0 Å². The molecule has 0 atom stereocenters. The van der Waals surface area contributed by atoms with Crippen molar-refractivity contribution in [3.63, 3.8) is 0 Å². The predicted octanol–water partition coefficient (Wildman–Crippen LogP) is 2.09. The Balaban J connectivity index is 2.01. The highest BCUT2D eigenvalue weighted by Crippen LogP contribution is 2.26. The summed E-state index contributed by atoms with van der Waals surface area (Å²) in [5.74, 6) is 5.19. The second-order valence-electron chi connectivity index (χ2n) is 5.22. The Morgan fingerprint density at radius 2 is 2.25 bits per heavy atom. The van der Waals surface area contributed by atoms with E-state index >= 15 is 0 Å². The predicted molar refractivity (Wildman–Crippen MR) is 74.6 cm³/mol. The van der Waals surface area contributed by atoms with E-state index in [1.54, 1.807) is 6.07 Å². The van der Waals surface area contributed by atoms with Crippen LogP contribution in [0.15, 0.2) is 18.2 Å². The van der Waals surface area contributed by atoms with Crippen LogP contribution in [0.4, 0.5) is 4.39 Å². The average Bonchev–Trinajstić information content (AvgIpc) is 2.39. The lowest BCUT2D eigenvalue weighted by molar-refractivity contribution is 0.0895. The molecule has 20 heavy (non-hydrogen) atoms. The maximum absolute atomic E-state index is 13.8. The minimum atomic E-state index is -0.509. The molecule has 4 heteroatoms. The molecular formula is C16H18FNO2. The number of carbonyl (C=O) groups excluding carboxylic acids is 1. The van der Waals surface area contributed by atoms with Crippen molar-refractivity contribution in [3.05, 3.63) is 35.1 Å². The molecule has 1 amide bonds. The van der Waals surface area contributed by atoms with Gasteiger partial charge >= 0.3 is 0 Å². The van der Waals surface area contributed by atoms with Crippen LogP contribution in [-0.2, 0) is 0 Å². The fraction of sp³-hybridized carbons (Fsp3) is 0.438. The van der Waals surface area contributed by atoms with Gasteiger partial charge in [0.25, 0.3) is 5.91 Å². The molecule has 106 valence electrons. The van der Waals surface area contributed by atoms with Crippen LogP contribution in [0.1, 0.15) is 42.1 Å². The third-order valence-electron chi connectivity index (χ3n) is 3.40. The molecule has 2 N–H and O–H groups in total. The van der Waals surface area contributed by atoms with Crippen LogP contribution in [0, 0.1) is 23.6 Å². The van der Waals surface area contributed by atoms with Crippen LogP contribution in [0.25, 0.3) is 0 Å². The molecule has 0 heterocycles. The number of rotatable bonds is 3. The van der Waals surface area contributed by atoms with E-state index in [-0.39, 0.29) is 24.1 Å². The highest BCUT2D eigenvalue weighted by atomic mass is 19.1. The van der Waals surface area contributed by atoms with Crippen molar-refractivity contribution in [2.75, 3.05) is 6.61 Å². The van der Waals surface area contributed by atoms with E-state index in [1.165, 1.54) is 12.1 Å². The molecule has 2 rings (SSSR count). The first-order valence-electron chi connectivity index (χ1n) is 6.80. The van der Waals surface area contributed by atoms with Gasteiger partial charge in [0.1, 0.15) is 5.82 Å². The molecular weight excluding hydrogens is 257 g/mol. The molecule has 1 saturated carbocycles. The molecule has 0 aromatic heterocycles. The Hall–Kier alpha value is -1.86. The summed E-state index contributed by atoms with van der Waals surface area (Å²) in [7, 11) is 0. The number of amides is 1. The molecule has 1 fully saturated rings. The molecule has 0 bridgehead atoms. The summed E-state index contributed by atoms with van der Waals surface area (Å²) < 4.78 is 13.8. The van der Waals surface area contributed by atoms with Crippen molar-refractivity contribution < 1.29 is 14.3 Å². The van der Waals surface area contributed by atoms with Crippen molar-refractivity contribution in [3.8, 4) is 11.8 Å². The number of aliphatic hydroxyl groups excluding tert-OH is 1. The van der Waals surface area contributed by atoms with Crippen molar-refractivity contribution >= 4 is 5.91 Å². The number of aliphatic hydroxyl groups is 1. The lowest BCUT2D eigenvalue weighted by Gasteiger charge is -2.33. The number of nitrogens with one attached hydrogen (secondary N) is 1. The van der Waals surface area contributed by atoms with Crippen molar-refractivity contribution in [1.29, 1.82) is 0 Å². The van der Waals surface area contributed by atoms with Gasteiger partial charge < -0.3 is 10.4 Å². The van der Waals surface area contributed by atoms with Gasteiger partial charge in [-0.15, -0.1) is 0 Å². The molecule has 0 aliphatic heterocycles. The first-order chi connectivity index (χ1) is 9.60. The quantitative estimate of drug-likeness (QED) is 0.830. The highest BCUT2D eigenvalue weighted by molar-refractivity contribution is 5.94. The first kappa shape index (κ1) is 14.5. The summed E-state index contributed by atoms with van der Waals surface area (Å²) in [6.45, 7) is 2.09. The van der Waals surface area contributed by atoms with Gasteiger partial charge in [0.05, 0.1) is 12.2 Å². The number of benzene rings is 1. The lowest BCUT2D eigenvalue weighted by Crippen LogP contribution is -2.43. The fourth-order valence-corrected chi connectivity index (χ4v) is 2.26. The van der Waals surface area contributed by atoms with E-state index in [2.05, 4.69) is 24.1 Å².